The van der Waals surface area contributed by atoms with Gasteiger partial charge in [0.2, 0.25) is 17.6 Å². The summed E-state index contributed by atoms with van der Waals surface area (Å²) >= 11 is 1.89. The van der Waals surface area contributed by atoms with Gasteiger partial charge in [-0.1, -0.05) is 51.0 Å². The van der Waals surface area contributed by atoms with Gasteiger partial charge in [-0.15, -0.1) is 20.4 Å². The third kappa shape index (κ3) is 9.83. The van der Waals surface area contributed by atoms with Gasteiger partial charge in [0.05, 0.1) is 24.3 Å². The Morgan fingerprint density at radius 3 is 2.57 bits per heavy atom. The van der Waals surface area contributed by atoms with Gasteiger partial charge in [0.25, 0.3) is 5.91 Å². The molecule has 12 nitrogen and oxygen atoms in total. The number of nitrogens with one attached hydrogen (secondary N) is 4. The number of unbranched alkanes of at least 4 members (excludes halogenated alkanes) is 1. The van der Waals surface area contributed by atoms with Gasteiger partial charge in [-0.25, -0.2) is 4.79 Å². The van der Waals surface area contributed by atoms with Gasteiger partial charge < -0.3 is 21.3 Å². The Kier molecular flexibility index (Phi) is 12.6. The van der Waals surface area contributed by atoms with Crippen LogP contribution >= 0.6 is 11.8 Å². The van der Waals surface area contributed by atoms with Gasteiger partial charge in [0.1, 0.15) is 0 Å². The van der Waals surface area contributed by atoms with E-state index in [0.29, 0.717) is 72.1 Å². The number of fused-ring (bicyclic) bond motifs is 1. The van der Waals surface area contributed by atoms with Crippen molar-refractivity contribution in [2.45, 2.75) is 76.6 Å². The number of aliphatic imine (C=N–C) groups is 1. The quantitative estimate of drug-likeness (QED) is 0.0960. The number of thioether (sulfide) groups is 1. The molecule has 13 heteroatoms. The van der Waals surface area contributed by atoms with Crippen molar-refractivity contribution in [3.63, 3.8) is 0 Å². The van der Waals surface area contributed by atoms with Crippen LogP contribution in [-0.4, -0.2) is 86.7 Å². The van der Waals surface area contributed by atoms with Crippen LogP contribution in [0.2, 0.25) is 0 Å². The Labute approximate surface area is 263 Å². The van der Waals surface area contributed by atoms with E-state index in [9.17, 15) is 14.4 Å². The molecule has 0 aliphatic carbocycles. The minimum Gasteiger partial charge on any atom is -0.356 e. The summed E-state index contributed by atoms with van der Waals surface area (Å²) in [5.41, 5.74) is 1.89. The van der Waals surface area contributed by atoms with E-state index < -0.39 is 0 Å². The van der Waals surface area contributed by atoms with Crippen molar-refractivity contribution >= 4 is 35.3 Å². The number of hydrogen-bond donors (Lipinski definition) is 4. The summed E-state index contributed by atoms with van der Waals surface area (Å²) in [6.07, 6.45) is 9.16. The van der Waals surface area contributed by atoms with Crippen LogP contribution in [0.15, 0.2) is 41.4 Å². The molecule has 0 radical (unpaired) electrons. The number of carbonyl (C=O) groups excluding carboxylic acids is 3. The fraction of sp³-hybridized carbons (Fsp3) is 0.548. The fourth-order valence-electron chi connectivity index (χ4n) is 4.93. The first-order valence-corrected chi connectivity index (χ1v) is 16.5. The molecule has 2 aliphatic heterocycles. The summed E-state index contributed by atoms with van der Waals surface area (Å²) in [6, 6.07) is 7.31. The molecular formula is C31H43N9O3S. The molecule has 0 bridgehead atoms. The SMILES string of the molecule is CCC(C)/C=C\CN=C(C)c1nnc(-c2ccc(C(=O)NCCCNC(=O)CCCCC3SCC4NC(=O)NC43)cc2)nn1. The molecule has 0 saturated carbocycles. The van der Waals surface area contributed by atoms with E-state index in [4.69, 9.17) is 0 Å². The van der Waals surface area contributed by atoms with Crippen molar-refractivity contribution in [1.82, 2.24) is 41.7 Å². The van der Waals surface area contributed by atoms with Crippen molar-refractivity contribution in [3.8, 4) is 11.4 Å². The predicted octanol–water partition coefficient (Wildman–Crippen LogP) is 3.31. The number of nitrogens with zero attached hydrogens (tertiary/aromatic N) is 5. The molecule has 2 saturated heterocycles. The Bertz CT molecular complexity index is 1320. The zero-order valence-corrected chi connectivity index (χ0v) is 26.5. The van der Waals surface area contributed by atoms with E-state index in [-0.39, 0.29) is 29.9 Å². The van der Waals surface area contributed by atoms with Crippen molar-refractivity contribution in [2.75, 3.05) is 25.4 Å². The highest BCUT2D eigenvalue weighted by atomic mass is 32.2. The minimum atomic E-state index is -0.190. The van der Waals surface area contributed by atoms with E-state index in [1.165, 1.54) is 0 Å². The summed E-state index contributed by atoms with van der Waals surface area (Å²) in [7, 11) is 0. The molecule has 236 valence electrons. The first-order valence-electron chi connectivity index (χ1n) is 15.4. The fourth-order valence-corrected chi connectivity index (χ4v) is 6.48. The monoisotopic (exact) mass is 621 g/mol. The average molecular weight is 622 g/mol. The number of urea groups is 1. The van der Waals surface area contributed by atoms with E-state index in [2.05, 4.69) is 66.6 Å². The maximum Gasteiger partial charge on any atom is 0.315 e. The first kappa shape index (κ1) is 33.0. The summed E-state index contributed by atoms with van der Waals surface area (Å²) in [5, 5.41) is 28.9. The first-order chi connectivity index (χ1) is 21.3. The number of aromatic nitrogens is 4. The Balaban J connectivity index is 1.09. The largest absolute Gasteiger partial charge is 0.356 e. The second kappa shape index (κ2) is 16.8. The lowest BCUT2D eigenvalue weighted by molar-refractivity contribution is -0.121. The Morgan fingerprint density at radius 2 is 1.82 bits per heavy atom. The number of benzene rings is 1. The number of carbonyl (C=O) groups is 3. The van der Waals surface area contributed by atoms with E-state index >= 15 is 0 Å². The zero-order valence-electron chi connectivity index (χ0n) is 25.7. The Hall–Kier alpha value is -3.87. The van der Waals surface area contributed by atoms with Gasteiger partial charge in [-0.3, -0.25) is 14.6 Å². The van der Waals surface area contributed by atoms with Crippen molar-refractivity contribution < 1.29 is 14.4 Å². The van der Waals surface area contributed by atoms with Gasteiger partial charge in [0.15, 0.2) is 0 Å². The van der Waals surface area contributed by atoms with Crippen molar-refractivity contribution in [1.29, 1.82) is 0 Å². The van der Waals surface area contributed by atoms with Crippen LogP contribution in [0, 0.1) is 5.92 Å². The lowest BCUT2D eigenvalue weighted by atomic mass is 10.0. The van der Waals surface area contributed by atoms with Crippen LogP contribution in [0.3, 0.4) is 0 Å². The molecule has 4 amide bonds. The average Bonchev–Trinajstić information content (AvgIpc) is 3.60. The molecule has 44 heavy (non-hydrogen) atoms. The van der Waals surface area contributed by atoms with Gasteiger partial charge in [-0.05, 0) is 44.2 Å². The number of rotatable bonds is 16. The van der Waals surface area contributed by atoms with Crippen LogP contribution in [-0.2, 0) is 4.79 Å². The highest BCUT2D eigenvalue weighted by molar-refractivity contribution is 8.00. The van der Waals surface area contributed by atoms with Crippen LogP contribution in [0.1, 0.15) is 75.5 Å². The summed E-state index contributed by atoms with van der Waals surface area (Å²) in [6.45, 7) is 7.67. The van der Waals surface area contributed by atoms with Gasteiger partial charge in [0, 0.05) is 41.6 Å². The molecule has 1 aromatic carbocycles. The summed E-state index contributed by atoms with van der Waals surface area (Å²) < 4.78 is 0. The van der Waals surface area contributed by atoms with Crippen LogP contribution in [0.5, 0.6) is 0 Å². The zero-order chi connectivity index (χ0) is 31.3. The van der Waals surface area contributed by atoms with E-state index in [0.717, 1.165) is 31.4 Å². The standard InChI is InChI=1S/C31H43N9O3S/c1-4-20(2)9-7-16-32-21(3)28-37-39-29(40-38-28)22-12-14-23(15-13-22)30(42)34-18-8-17-33-26(41)11-6-5-10-25-27-24(19-44-25)35-31(43)36-27/h7,9,12-15,20,24-25,27H,4-6,8,10-11,16-19H2,1-3H3,(H,33,41)(H,34,42)(H2,35,36,43)/b9-7-,32-21?. The smallest absolute Gasteiger partial charge is 0.315 e. The lowest BCUT2D eigenvalue weighted by Gasteiger charge is -2.16. The topological polar surface area (TPSA) is 163 Å². The lowest BCUT2D eigenvalue weighted by Crippen LogP contribution is -2.36. The molecule has 2 fully saturated rings. The highest BCUT2D eigenvalue weighted by Gasteiger charge is 2.42. The van der Waals surface area contributed by atoms with Crippen LogP contribution in [0.25, 0.3) is 11.4 Å². The Morgan fingerprint density at radius 1 is 1.07 bits per heavy atom. The minimum absolute atomic E-state index is 0.0237. The van der Waals surface area contributed by atoms with E-state index in [1.54, 1.807) is 24.3 Å². The molecular weight excluding hydrogens is 578 g/mol. The van der Waals surface area contributed by atoms with E-state index in [1.807, 2.05) is 24.8 Å². The molecule has 2 aliphatic rings. The predicted molar refractivity (Wildman–Crippen MR) is 173 cm³/mol. The molecule has 2 aromatic rings. The van der Waals surface area contributed by atoms with Crippen molar-refractivity contribution in [2.24, 2.45) is 10.9 Å². The molecule has 4 rings (SSSR count). The molecule has 4 atom stereocenters. The molecule has 4 unspecified atom stereocenters. The molecule has 0 spiro atoms. The number of allylic oxidation sites excluding steroid dienone is 1. The maximum absolute atomic E-state index is 12.5. The second-order valence-electron chi connectivity index (χ2n) is 11.2. The maximum atomic E-state index is 12.5. The molecule has 3 heterocycles. The number of amides is 4. The molecule has 1 aromatic heterocycles. The van der Waals surface area contributed by atoms with Gasteiger partial charge in [-0.2, -0.15) is 11.8 Å². The summed E-state index contributed by atoms with van der Waals surface area (Å²) in [4.78, 5) is 40.7. The van der Waals surface area contributed by atoms with Crippen LogP contribution < -0.4 is 21.3 Å². The summed E-state index contributed by atoms with van der Waals surface area (Å²) in [5.74, 6) is 2.06. The van der Waals surface area contributed by atoms with Crippen molar-refractivity contribution in [3.05, 3.63) is 47.8 Å². The van der Waals surface area contributed by atoms with Gasteiger partial charge >= 0.3 is 6.03 Å². The third-order valence-corrected chi connectivity index (χ3v) is 9.30. The normalized spacial score (nSPS) is 20.2. The highest BCUT2D eigenvalue weighted by Crippen LogP contribution is 2.33. The molecule has 4 N–H and O–H groups in total. The third-order valence-electron chi connectivity index (χ3n) is 7.79. The van der Waals surface area contributed by atoms with Crippen LogP contribution in [0.4, 0.5) is 4.79 Å². The second-order valence-corrected chi connectivity index (χ2v) is 12.5. The number of hydrogen-bond acceptors (Lipinski definition) is 9.